The molecule has 2 unspecified atom stereocenters. The van der Waals surface area contributed by atoms with E-state index in [1.807, 2.05) is 7.11 Å². The second-order valence-corrected chi connectivity index (χ2v) is 5.38. The molecule has 0 aromatic carbocycles. The van der Waals surface area contributed by atoms with E-state index in [2.05, 4.69) is 13.8 Å². The highest BCUT2D eigenvalue weighted by atomic mass is 16.5. The maximum Gasteiger partial charge on any atom is 0.0829 e. The van der Waals surface area contributed by atoms with Crippen LogP contribution < -0.4 is 5.73 Å². The maximum atomic E-state index is 6.35. The fourth-order valence-corrected chi connectivity index (χ4v) is 2.81. The largest absolute Gasteiger partial charge is 0.377 e. The molecule has 0 aromatic rings. The Morgan fingerprint density at radius 2 is 2.00 bits per heavy atom. The van der Waals surface area contributed by atoms with Crippen molar-refractivity contribution in [3.05, 3.63) is 0 Å². The molecule has 2 atom stereocenters. The van der Waals surface area contributed by atoms with Gasteiger partial charge in [0.25, 0.3) is 0 Å². The molecule has 16 heavy (non-hydrogen) atoms. The van der Waals surface area contributed by atoms with Gasteiger partial charge in [0.05, 0.1) is 5.60 Å². The van der Waals surface area contributed by atoms with Crippen molar-refractivity contribution in [2.24, 2.45) is 11.7 Å². The molecule has 0 radical (unpaired) electrons. The molecule has 0 aromatic heterocycles. The molecule has 96 valence electrons. The number of nitrogens with two attached hydrogens (primary N) is 1. The minimum Gasteiger partial charge on any atom is -0.377 e. The van der Waals surface area contributed by atoms with E-state index in [4.69, 9.17) is 10.5 Å². The Morgan fingerprint density at radius 1 is 1.31 bits per heavy atom. The Balaban J connectivity index is 2.38. The van der Waals surface area contributed by atoms with E-state index in [0.29, 0.717) is 0 Å². The lowest BCUT2D eigenvalue weighted by Crippen LogP contribution is -2.55. The second kappa shape index (κ2) is 6.61. The molecule has 0 spiro atoms. The van der Waals surface area contributed by atoms with Crippen molar-refractivity contribution < 1.29 is 4.74 Å². The first kappa shape index (κ1) is 14.0. The fourth-order valence-electron chi connectivity index (χ4n) is 2.81. The van der Waals surface area contributed by atoms with Crippen molar-refractivity contribution in [1.29, 1.82) is 0 Å². The van der Waals surface area contributed by atoms with E-state index < -0.39 is 0 Å². The van der Waals surface area contributed by atoms with Crippen molar-refractivity contribution in [1.82, 2.24) is 0 Å². The van der Waals surface area contributed by atoms with Gasteiger partial charge in [-0.1, -0.05) is 39.5 Å². The number of hydrogen-bond acceptors (Lipinski definition) is 2. The van der Waals surface area contributed by atoms with Gasteiger partial charge in [-0.05, 0) is 31.6 Å². The molecule has 0 aliphatic heterocycles. The van der Waals surface area contributed by atoms with Gasteiger partial charge in [0, 0.05) is 13.2 Å². The lowest BCUT2D eigenvalue weighted by Gasteiger charge is -2.46. The van der Waals surface area contributed by atoms with E-state index in [1.165, 1.54) is 32.1 Å². The predicted molar refractivity (Wildman–Crippen MR) is 69.5 cm³/mol. The lowest BCUT2D eigenvalue weighted by molar-refractivity contribution is -0.0943. The first-order chi connectivity index (χ1) is 7.68. The van der Waals surface area contributed by atoms with Crippen LogP contribution in [0.2, 0.25) is 0 Å². The van der Waals surface area contributed by atoms with Crippen molar-refractivity contribution in [3.8, 4) is 0 Å². The monoisotopic (exact) mass is 227 g/mol. The van der Waals surface area contributed by atoms with Crippen LogP contribution in [0.1, 0.15) is 65.2 Å². The third-order valence-corrected chi connectivity index (χ3v) is 4.41. The minimum atomic E-state index is 0.0274. The Kier molecular flexibility index (Phi) is 5.77. The summed E-state index contributed by atoms with van der Waals surface area (Å²) in [4.78, 5) is 0. The van der Waals surface area contributed by atoms with E-state index in [-0.39, 0.29) is 11.6 Å². The molecule has 0 amide bonds. The normalized spacial score (nSPS) is 22.5. The van der Waals surface area contributed by atoms with Crippen LogP contribution in [0.5, 0.6) is 0 Å². The molecule has 0 bridgehead atoms. The Bertz CT molecular complexity index is 184. The van der Waals surface area contributed by atoms with Crippen LogP contribution in [-0.4, -0.2) is 18.8 Å². The highest BCUT2D eigenvalue weighted by molar-refractivity contribution is 4.98. The van der Waals surface area contributed by atoms with Crippen LogP contribution in [0.15, 0.2) is 0 Å². The van der Waals surface area contributed by atoms with Gasteiger partial charge in [-0.25, -0.2) is 0 Å². The molecule has 0 saturated heterocycles. The fraction of sp³-hybridized carbons (Fsp3) is 1.00. The van der Waals surface area contributed by atoms with Gasteiger partial charge in [-0.15, -0.1) is 0 Å². The van der Waals surface area contributed by atoms with Crippen molar-refractivity contribution in [2.75, 3.05) is 7.11 Å². The quantitative estimate of drug-likeness (QED) is 0.689. The van der Waals surface area contributed by atoms with Crippen molar-refractivity contribution in [2.45, 2.75) is 76.9 Å². The molecule has 1 saturated carbocycles. The second-order valence-electron chi connectivity index (χ2n) is 5.38. The van der Waals surface area contributed by atoms with E-state index >= 15 is 0 Å². The van der Waals surface area contributed by atoms with Crippen molar-refractivity contribution in [3.63, 3.8) is 0 Å². The first-order valence-electron chi connectivity index (χ1n) is 6.99. The topological polar surface area (TPSA) is 35.2 Å². The van der Waals surface area contributed by atoms with Crippen molar-refractivity contribution >= 4 is 0 Å². The number of rotatable bonds is 8. The summed E-state index contributed by atoms with van der Waals surface area (Å²) in [5.41, 5.74) is 6.38. The van der Waals surface area contributed by atoms with Gasteiger partial charge >= 0.3 is 0 Å². The zero-order valence-electron chi connectivity index (χ0n) is 11.3. The Hall–Kier alpha value is -0.0800. The van der Waals surface area contributed by atoms with E-state index in [1.54, 1.807) is 0 Å². The molecule has 2 heteroatoms. The SMILES string of the molecule is CCCCC(CC)CC(N)C1(OC)CCC1. The Labute approximate surface area is 101 Å². The molecule has 0 heterocycles. The molecule has 1 aliphatic carbocycles. The lowest BCUT2D eigenvalue weighted by atomic mass is 9.71. The standard InChI is InChI=1S/C14H29NO/c1-4-6-8-12(5-2)11-13(15)14(16-3)9-7-10-14/h12-13H,4-11,15H2,1-3H3. The van der Waals surface area contributed by atoms with Crippen LogP contribution in [0, 0.1) is 5.92 Å². The van der Waals surface area contributed by atoms with Crippen LogP contribution in [0.25, 0.3) is 0 Å². The van der Waals surface area contributed by atoms with Crippen LogP contribution >= 0.6 is 0 Å². The van der Waals surface area contributed by atoms with Crippen LogP contribution in [-0.2, 0) is 4.74 Å². The summed E-state index contributed by atoms with van der Waals surface area (Å²) in [6.45, 7) is 4.54. The first-order valence-corrected chi connectivity index (χ1v) is 6.99. The molecular weight excluding hydrogens is 198 g/mol. The van der Waals surface area contributed by atoms with Gasteiger partial charge < -0.3 is 10.5 Å². The average Bonchev–Trinajstić information content (AvgIpc) is 2.23. The smallest absolute Gasteiger partial charge is 0.0829 e. The molecular formula is C14H29NO. The summed E-state index contributed by atoms with van der Waals surface area (Å²) in [6.07, 6.45) is 9.97. The van der Waals surface area contributed by atoms with Gasteiger partial charge in [0.15, 0.2) is 0 Å². The zero-order chi connectivity index (χ0) is 12.0. The average molecular weight is 227 g/mol. The highest BCUT2D eigenvalue weighted by Gasteiger charge is 2.42. The number of methoxy groups -OCH3 is 1. The van der Waals surface area contributed by atoms with Gasteiger partial charge in [-0.2, -0.15) is 0 Å². The van der Waals surface area contributed by atoms with Crippen LogP contribution in [0.4, 0.5) is 0 Å². The molecule has 1 fully saturated rings. The van der Waals surface area contributed by atoms with Gasteiger partial charge in [0.1, 0.15) is 0 Å². The predicted octanol–water partition coefficient (Wildman–Crippen LogP) is 3.49. The number of unbranched alkanes of at least 4 members (excludes halogenated alkanes) is 1. The summed E-state index contributed by atoms with van der Waals surface area (Å²) in [7, 11) is 1.83. The van der Waals surface area contributed by atoms with E-state index in [9.17, 15) is 0 Å². The minimum absolute atomic E-state index is 0.0274. The molecule has 1 aliphatic rings. The number of ether oxygens (including phenoxy) is 1. The summed E-state index contributed by atoms with van der Waals surface area (Å²) in [5.74, 6) is 0.794. The molecule has 1 rings (SSSR count). The van der Waals surface area contributed by atoms with E-state index in [0.717, 1.165) is 25.2 Å². The third-order valence-electron chi connectivity index (χ3n) is 4.41. The molecule has 2 nitrogen and oxygen atoms in total. The summed E-state index contributed by atoms with van der Waals surface area (Å²) >= 11 is 0. The third kappa shape index (κ3) is 3.21. The van der Waals surface area contributed by atoms with Gasteiger partial charge in [-0.3, -0.25) is 0 Å². The highest BCUT2D eigenvalue weighted by Crippen LogP contribution is 2.39. The summed E-state index contributed by atoms with van der Waals surface area (Å²) in [6, 6.07) is 0.244. The summed E-state index contributed by atoms with van der Waals surface area (Å²) in [5, 5.41) is 0. The summed E-state index contributed by atoms with van der Waals surface area (Å²) < 4.78 is 5.66. The molecule has 2 N–H and O–H groups in total. The number of hydrogen-bond donors (Lipinski definition) is 1. The van der Waals surface area contributed by atoms with Crippen LogP contribution in [0.3, 0.4) is 0 Å². The Morgan fingerprint density at radius 3 is 2.38 bits per heavy atom. The zero-order valence-corrected chi connectivity index (χ0v) is 11.3. The maximum absolute atomic E-state index is 6.35. The van der Waals surface area contributed by atoms with Gasteiger partial charge in [0.2, 0.25) is 0 Å².